The number of carbonyl (C=O) groups excluding carboxylic acids is 1. The zero-order valence-corrected chi connectivity index (χ0v) is 19.4. The Bertz CT molecular complexity index is 708. The lowest BCUT2D eigenvalue weighted by Crippen LogP contribution is -2.63. The fourth-order valence-corrected chi connectivity index (χ4v) is 9.11. The highest BCUT2D eigenvalue weighted by atomic mass is 19.3. The van der Waals surface area contributed by atoms with Crippen LogP contribution in [-0.4, -0.2) is 52.6 Å². The van der Waals surface area contributed by atoms with Crippen molar-refractivity contribution in [3.8, 4) is 0 Å². The van der Waals surface area contributed by atoms with E-state index in [1.165, 1.54) is 38.5 Å². The van der Waals surface area contributed by atoms with Crippen LogP contribution in [0.1, 0.15) is 89.9 Å². The second-order valence-corrected chi connectivity index (χ2v) is 13.2. The van der Waals surface area contributed by atoms with E-state index in [4.69, 9.17) is 0 Å². The maximum atomic E-state index is 13.4. The van der Waals surface area contributed by atoms with E-state index in [2.05, 4.69) is 10.2 Å². The van der Waals surface area contributed by atoms with Crippen molar-refractivity contribution in [2.24, 2.45) is 29.1 Å². The van der Waals surface area contributed by atoms with Gasteiger partial charge in [-0.15, -0.1) is 0 Å². The van der Waals surface area contributed by atoms with E-state index in [0.29, 0.717) is 12.5 Å². The van der Waals surface area contributed by atoms with Gasteiger partial charge in [0.15, 0.2) is 0 Å². The lowest BCUT2D eigenvalue weighted by molar-refractivity contribution is -0.141. The van der Waals surface area contributed by atoms with Gasteiger partial charge in [0.2, 0.25) is 11.8 Å². The number of amides is 1. The standard InChI is InChI=1S/C26H40F2N2O2/c27-26(28)7-5-25(32,6-8-26)17-30-15-23(16-30)3-1-21(2-4-23)22(31)29-24-12-18-9-19(13-24)11-20(10-18)14-24/h18-21,32H,1-17H2,(H,29,31). The van der Waals surface area contributed by atoms with Gasteiger partial charge in [0, 0.05) is 43.9 Å². The third-order valence-corrected chi connectivity index (χ3v) is 10.4. The molecule has 7 aliphatic rings. The fourth-order valence-electron chi connectivity index (χ4n) is 9.11. The summed E-state index contributed by atoms with van der Waals surface area (Å²) in [5, 5.41) is 14.3. The first kappa shape index (κ1) is 21.8. The molecule has 6 heteroatoms. The molecule has 1 aliphatic heterocycles. The molecule has 0 radical (unpaired) electrons. The number of nitrogens with zero attached hydrogens (tertiary/aromatic N) is 1. The molecule has 4 bridgehead atoms. The number of alkyl halides is 2. The number of β-amino-alcohol motifs (C(OH)–C–C–N with tert-alkyl or cyclic N) is 1. The highest BCUT2D eigenvalue weighted by Gasteiger charge is 2.53. The summed E-state index contributed by atoms with van der Waals surface area (Å²) >= 11 is 0. The van der Waals surface area contributed by atoms with Crippen LogP contribution in [0.25, 0.3) is 0 Å². The van der Waals surface area contributed by atoms with Crippen LogP contribution in [0.3, 0.4) is 0 Å². The number of nitrogens with one attached hydrogen (secondary N) is 1. The summed E-state index contributed by atoms with van der Waals surface area (Å²) in [7, 11) is 0. The molecule has 1 heterocycles. The average molecular weight is 451 g/mol. The fraction of sp³-hybridized carbons (Fsp3) is 0.962. The van der Waals surface area contributed by atoms with Crippen LogP contribution < -0.4 is 5.32 Å². The first-order chi connectivity index (χ1) is 15.1. The van der Waals surface area contributed by atoms with Crippen molar-refractivity contribution in [2.75, 3.05) is 19.6 Å². The van der Waals surface area contributed by atoms with E-state index in [1.54, 1.807) is 0 Å². The first-order valence-corrected chi connectivity index (χ1v) is 13.3. The summed E-state index contributed by atoms with van der Waals surface area (Å²) < 4.78 is 26.9. The molecule has 6 aliphatic carbocycles. The topological polar surface area (TPSA) is 52.6 Å². The Morgan fingerprint density at radius 2 is 1.41 bits per heavy atom. The summed E-state index contributed by atoms with van der Waals surface area (Å²) in [4.78, 5) is 15.5. The molecule has 0 unspecified atom stereocenters. The van der Waals surface area contributed by atoms with Crippen LogP contribution in [0, 0.1) is 29.1 Å². The maximum absolute atomic E-state index is 13.4. The molecule has 6 saturated carbocycles. The second kappa shape index (κ2) is 7.37. The number of carbonyl (C=O) groups is 1. The maximum Gasteiger partial charge on any atom is 0.248 e. The number of halogens is 2. The summed E-state index contributed by atoms with van der Waals surface area (Å²) in [6.07, 6.45) is 12.0. The summed E-state index contributed by atoms with van der Waals surface area (Å²) in [5.74, 6) is 0.423. The van der Waals surface area contributed by atoms with E-state index >= 15 is 0 Å². The monoisotopic (exact) mass is 450 g/mol. The van der Waals surface area contributed by atoms with Gasteiger partial charge in [-0.2, -0.15) is 0 Å². The number of rotatable bonds is 4. The molecular weight excluding hydrogens is 410 g/mol. The SMILES string of the molecule is O=C(NC12CC3CC(CC(C3)C1)C2)C1CCC2(CC1)CN(CC1(O)CCC(F)(F)CC1)C2. The van der Waals surface area contributed by atoms with Gasteiger partial charge in [0.05, 0.1) is 5.60 Å². The minimum absolute atomic E-state index is 0.112. The van der Waals surface area contributed by atoms with Crippen LogP contribution in [0.4, 0.5) is 8.78 Å². The smallest absolute Gasteiger partial charge is 0.248 e. The van der Waals surface area contributed by atoms with E-state index in [0.717, 1.165) is 56.5 Å². The van der Waals surface area contributed by atoms with E-state index < -0.39 is 11.5 Å². The summed E-state index contributed by atoms with van der Waals surface area (Å²) in [6, 6.07) is 0. The summed E-state index contributed by atoms with van der Waals surface area (Å²) in [6.45, 7) is 2.44. The van der Waals surface area contributed by atoms with Gasteiger partial charge in [-0.1, -0.05) is 0 Å². The van der Waals surface area contributed by atoms with Gasteiger partial charge in [-0.05, 0) is 100 Å². The number of hydrogen-bond donors (Lipinski definition) is 2. The molecule has 2 N–H and O–H groups in total. The predicted molar refractivity (Wildman–Crippen MR) is 118 cm³/mol. The quantitative estimate of drug-likeness (QED) is 0.663. The Balaban J connectivity index is 0.974. The van der Waals surface area contributed by atoms with Crippen LogP contribution >= 0.6 is 0 Å². The molecule has 0 aromatic heterocycles. The van der Waals surface area contributed by atoms with E-state index in [1.807, 2.05) is 0 Å². The van der Waals surface area contributed by atoms with Gasteiger partial charge in [0.1, 0.15) is 0 Å². The molecule has 7 fully saturated rings. The highest BCUT2D eigenvalue weighted by Crippen LogP contribution is 2.56. The summed E-state index contributed by atoms with van der Waals surface area (Å²) in [5.41, 5.74) is -0.550. The molecular formula is C26H40F2N2O2. The van der Waals surface area contributed by atoms with Crippen molar-refractivity contribution < 1.29 is 18.7 Å². The number of likely N-dealkylation sites (tertiary alicyclic amines) is 1. The van der Waals surface area contributed by atoms with Gasteiger partial charge >= 0.3 is 0 Å². The van der Waals surface area contributed by atoms with Gasteiger partial charge in [-0.25, -0.2) is 8.78 Å². The van der Waals surface area contributed by atoms with Crippen molar-refractivity contribution in [2.45, 2.75) is 107 Å². The number of aliphatic hydroxyl groups is 1. The second-order valence-electron chi connectivity index (χ2n) is 13.2. The highest BCUT2D eigenvalue weighted by molar-refractivity contribution is 5.79. The molecule has 7 rings (SSSR count). The predicted octanol–water partition coefficient (Wildman–Crippen LogP) is 4.50. The van der Waals surface area contributed by atoms with Gasteiger partial charge in [-0.3, -0.25) is 9.69 Å². The Kier molecular flexibility index (Phi) is 5.01. The van der Waals surface area contributed by atoms with Gasteiger partial charge in [0.25, 0.3) is 0 Å². The molecule has 1 spiro atoms. The van der Waals surface area contributed by atoms with Crippen molar-refractivity contribution in [1.82, 2.24) is 10.2 Å². The Hall–Kier alpha value is -0.750. The normalized spacial score (nSPS) is 42.0. The minimum Gasteiger partial charge on any atom is -0.389 e. The molecule has 4 nitrogen and oxygen atoms in total. The lowest BCUT2D eigenvalue weighted by Gasteiger charge is -2.57. The molecule has 1 amide bonds. The Morgan fingerprint density at radius 1 is 0.875 bits per heavy atom. The molecule has 0 atom stereocenters. The van der Waals surface area contributed by atoms with Crippen molar-refractivity contribution in [1.29, 1.82) is 0 Å². The van der Waals surface area contributed by atoms with Crippen molar-refractivity contribution in [3.05, 3.63) is 0 Å². The van der Waals surface area contributed by atoms with Crippen LogP contribution in [-0.2, 0) is 4.79 Å². The zero-order chi connectivity index (χ0) is 22.2. The molecule has 0 aromatic carbocycles. The van der Waals surface area contributed by atoms with E-state index in [9.17, 15) is 18.7 Å². The van der Waals surface area contributed by atoms with Crippen molar-refractivity contribution >= 4 is 5.91 Å². The zero-order valence-electron chi connectivity index (χ0n) is 19.4. The molecule has 32 heavy (non-hydrogen) atoms. The number of hydrogen-bond acceptors (Lipinski definition) is 3. The third-order valence-electron chi connectivity index (χ3n) is 10.4. The van der Waals surface area contributed by atoms with Crippen LogP contribution in [0.15, 0.2) is 0 Å². The molecule has 1 saturated heterocycles. The largest absolute Gasteiger partial charge is 0.389 e. The molecule has 180 valence electrons. The Labute approximate surface area is 190 Å². The van der Waals surface area contributed by atoms with Crippen LogP contribution in [0.5, 0.6) is 0 Å². The van der Waals surface area contributed by atoms with Crippen molar-refractivity contribution in [3.63, 3.8) is 0 Å². The average Bonchev–Trinajstić information content (AvgIpc) is 2.69. The molecule has 0 aromatic rings. The lowest BCUT2D eigenvalue weighted by atomic mass is 9.53. The third kappa shape index (κ3) is 4.01. The van der Waals surface area contributed by atoms with Gasteiger partial charge < -0.3 is 10.4 Å². The minimum atomic E-state index is -2.60. The van der Waals surface area contributed by atoms with E-state index in [-0.39, 0.29) is 42.6 Å². The first-order valence-electron chi connectivity index (χ1n) is 13.3. The van der Waals surface area contributed by atoms with Crippen LogP contribution in [0.2, 0.25) is 0 Å². The Morgan fingerprint density at radius 3 is 1.94 bits per heavy atom.